The number of hydrogen-bond donors (Lipinski definition) is 0. The van der Waals surface area contributed by atoms with E-state index in [1.807, 2.05) is 13.8 Å². The minimum Gasteiger partial charge on any atom is -0.379 e. The fourth-order valence-electron chi connectivity index (χ4n) is 2.05. The van der Waals surface area contributed by atoms with Crippen molar-refractivity contribution in [3.63, 3.8) is 0 Å². The lowest BCUT2D eigenvalue weighted by molar-refractivity contribution is 0.0696. The van der Waals surface area contributed by atoms with Gasteiger partial charge in [-0.3, -0.25) is 9.83 Å². The van der Waals surface area contributed by atoms with E-state index in [0.717, 1.165) is 7.05 Å². The zero-order valence-corrected chi connectivity index (χ0v) is 15.1. The minimum absolute atomic E-state index is 0.199. The zero-order valence-electron chi connectivity index (χ0n) is 13.5. The SMILES string of the molecule is CC1=NC(C)(C)SC1=NOC(=O)N(C)S(=O)(=O)N1CCOCC1. The number of amides is 1. The van der Waals surface area contributed by atoms with Crippen LogP contribution in [0.4, 0.5) is 4.79 Å². The number of carbonyl (C=O) groups is 1. The van der Waals surface area contributed by atoms with Crippen molar-refractivity contribution in [2.24, 2.45) is 10.1 Å². The molecule has 1 fully saturated rings. The van der Waals surface area contributed by atoms with Gasteiger partial charge in [-0.1, -0.05) is 16.9 Å². The van der Waals surface area contributed by atoms with Crippen LogP contribution >= 0.6 is 11.8 Å². The molecule has 0 bridgehead atoms. The topological polar surface area (TPSA) is 101 Å². The van der Waals surface area contributed by atoms with Gasteiger partial charge in [0.25, 0.3) is 0 Å². The predicted octanol–water partition coefficient (Wildman–Crippen LogP) is 0.889. The Labute approximate surface area is 139 Å². The number of aliphatic imine (C=N–C) groups is 1. The normalized spacial score (nSPS) is 23.7. The first-order valence-electron chi connectivity index (χ1n) is 7.00. The van der Waals surface area contributed by atoms with Crippen LogP contribution in [-0.2, 0) is 19.8 Å². The molecule has 1 amide bonds. The number of oxime groups is 1. The molecule has 0 aliphatic carbocycles. The maximum atomic E-state index is 12.3. The van der Waals surface area contributed by atoms with Crippen LogP contribution in [0.5, 0.6) is 0 Å². The Hall–Kier alpha value is -1.17. The van der Waals surface area contributed by atoms with Gasteiger partial charge in [0.05, 0.1) is 18.9 Å². The highest BCUT2D eigenvalue weighted by molar-refractivity contribution is 8.17. The highest BCUT2D eigenvalue weighted by Crippen LogP contribution is 2.33. The van der Waals surface area contributed by atoms with Crippen LogP contribution in [0.2, 0.25) is 0 Å². The lowest BCUT2D eigenvalue weighted by atomic mass is 10.4. The van der Waals surface area contributed by atoms with Crippen molar-refractivity contribution in [2.45, 2.75) is 25.6 Å². The Morgan fingerprint density at radius 1 is 1.43 bits per heavy atom. The predicted molar refractivity (Wildman–Crippen MR) is 87.8 cm³/mol. The Balaban J connectivity index is 2.02. The molecule has 0 radical (unpaired) electrons. The van der Waals surface area contributed by atoms with Crippen LogP contribution in [0, 0.1) is 0 Å². The van der Waals surface area contributed by atoms with Gasteiger partial charge in [0, 0.05) is 20.1 Å². The third-order valence-corrected chi connectivity index (χ3v) is 6.21. The molecule has 0 atom stereocenters. The second-order valence-electron chi connectivity index (χ2n) is 5.49. The number of ether oxygens (including phenoxy) is 1. The number of nitrogens with zero attached hydrogens (tertiary/aromatic N) is 4. The van der Waals surface area contributed by atoms with Gasteiger partial charge in [0.2, 0.25) is 0 Å². The van der Waals surface area contributed by atoms with E-state index in [-0.39, 0.29) is 18.0 Å². The van der Waals surface area contributed by atoms with Crippen molar-refractivity contribution in [2.75, 3.05) is 33.4 Å². The number of rotatable bonds is 3. The largest absolute Gasteiger partial charge is 0.450 e. The van der Waals surface area contributed by atoms with Gasteiger partial charge in [-0.25, -0.2) is 4.79 Å². The maximum Gasteiger partial charge on any atom is 0.450 e. The molecule has 0 spiro atoms. The van der Waals surface area contributed by atoms with Crippen molar-refractivity contribution < 1.29 is 22.8 Å². The summed E-state index contributed by atoms with van der Waals surface area (Å²) in [4.78, 5) is 20.7. The Kier molecular flexibility index (Phi) is 5.33. The van der Waals surface area contributed by atoms with Crippen LogP contribution < -0.4 is 0 Å². The van der Waals surface area contributed by atoms with E-state index in [1.165, 1.54) is 16.1 Å². The van der Waals surface area contributed by atoms with Crippen molar-refractivity contribution >= 4 is 38.8 Å². The summed E-state index contributed by atoms with van der Waals surface area (Å²) in [5.41, 5.74) is 0.645. The van der Waals surface area contributed by atoms with Crippen LogP contribution in [0.15, 0.2) is 10.1 Å². The second kappa shape index (κ2) is 6.75. The summed E-state index contributed by atoms with van der Waals surface area (Å²) in [6.07, 6.45) is -1.07. The van der Waals surface area contributed by atoms with Crippen molar-refractivity contribution in [1.29, 1.82) is 0 Å². The van der Waals surface area contributed by atoms with E-state index in [9.17, 15) is 13.2 Å². The summed E-state index contributed by atoms with van der Waals surface area (Å²) in [6.45, 7) is 6.55. The molecule has 0 unspecified atom stereocenters. The van der Waals surface area contributed by atoms with E-state index in [1.54, 1.807) is 6.92 Å². The van der Waals surface area contributed by atoms with Gasteiger partial charge in [-0.15, -0.1) is 0 Å². The number of carbonyl (C=O) groups excluding carboxylic acids is 1. The lowest BCUT2D eigenvalue weighted by Gasteiger charge is -2.29. The van der Waals surface area contributed by atoms with Gasteiger partial charge in [-0.2, -0.15) is 17.0 Å². The van der Waals surface area contributed by atoms with E-state index in [4.69, 9.17) is 9.57 Å². The standard InChI is InChI=1S/C12H20N4O5S2/c1-9-10(22-12(2,3)13-9)14-21-11(17)15(4)23(18,19)16-5-7-20-8-6-16/h5-8H2,1-4H3. The van der Waals surface area contributed by atoms with Crippen LogP contribution in [0.3, 0.4) is 0 Å². The number of thioether (sulfide) groups is 1. The molecule has 2 aliphatic rings. The average molecular weight is 364 g/mol. The van der Waals surface area contributed by atoms with E-state index >= 15 is 0 Å². The molecule has 2 rings (SSSR count). The summed E-state index contributed by atoms with van der Waals surface area (Å²) in [7, 11) is -2.80. The highest BCUT2D eigenvalue weighted by atomic mass is 32.2. The minimum atomic E-state index is -3.94. The number of hydrogen-bond acceptors (Lipinski definition) is 8. The summed E-state index contributed by atoms with van der Waals surface area (Å²) >= 11 is 1.34. The van der Waals surface area contributed by atoms with Gasteiger partial charge in [-0.05, 0) is 20.8 Å². The fraction of sp³-hybridized carbons (Fsp3) is 0.750. The molecule has 0 N–H and O–H groups in total. The molecule has 2 heterocycles. The van der Waals surface area contributed by atoms with Gasteiger partial charge >= 0.3 is 16.3 Å². The molecule has 11 heteroatoms. The van der Waals surface area contributed by atoms with Crippen LogP contribution in [0.1, 0.15) is 20.8 Å². The summed E-state index contributed by atoms with van der Waals surface area (Å²) in [5, 5.41) is 4.19. The smallest absolute Gasteiger partial charge is 0.379 e. The third-order valence-electron chi connectivity index (χ3n) is 3.20. The molecule has 0 saturated carbocycles. The average Bonchev–Trinajstić information content (AvgIpc) is 2.77. The van der Waals surface area contributed by atoms with Crippen molar-refractivity contribution in [3.8, 4) is 0 Å². The van der Waals surface area contributed by atoms with Gasteiger partial charge < -0.3 is 4.74 Å². The molecule has 0 aromatic carbocycles. The maximum absolute atomic E-state index is 12.3. The lowest BCUT2D eigenvalue weighted by Crippen LogP contribution is -2.49. The molecule has 0 aromatic rings. The molecular weight excluding hydrogens is 344 g/mol. The summed E-state index contributed by atoms with van der Waals surface area (Å²) < 4.78 is 31.4. The zero-order chi connectivity index (χ0) is 17.3. The number of morpholine rings is 1. The second-order valence-corrected chi connectivity index (χ2v) is 9.04. The molecule has 2 aliphatic heterocycles. The van der Waals surface area contributed by atoms with Crippen LogP contribution in [-0.4, -0.2) is 72.1 Å². The summed E-state index contributed by atoms with van der Waals surface area (Å²) in [5.74, 6) is 0. The van der Waals surface area contributed by atoms with Crippen molar-refractivity contribution in [3.05, 3.63) is 0 Å². The molecule has 9 nitrogen and oxygen atoms in total. The third kappa shape index (κ3) is 4.22. The molecule has 1 saturated heterocycles. The quantitative estimate of drug-likeness (QED) is 0.544. The molecular formula is C12H20N4O5S2. The first kappa shape index (κ1) is 18.2. The van der Waals surface area contributed by atoms with Crippen molar-refractivity contribution in [1.82, 2.24) is 8.61 Å². The van der Waals surface area contributed by atoms with Gasteiger partial charge in [0.15, 0.2) is 5.04 Å². The first-order chi connectivity index (χ1) is 10.6. The molecule has 0 aromatic heterocycles. The van der Waals surface area contributed by atoms with E-state index in [0.29, 0.717) is 28.3 Å². The molecule has 130 valence electrons. The van der Waals surface area contributed by atoms with E-state index in [2.05, 4.69) is 10.1 Å². The Bertz CT molecular complexity index is 638. The Morgan fingerprint density at radius 2 is 2.04 bits per heavy atom. The fourth-order valence-corrected chi connectivity index (χ4v) is 4.15. The Morgan fingerprint density at radius 3 is 2.57 bits per heavy atom. The summed E-state index contributed by atoms with van der Waals surface area (Å²) in [6, 6.07) is 0. The molecule has 23 heavy (non-hydrogen) atoms. The first-order valence-corrected chi connectivity index (χ1v) is 9.21. The van der Waals surface area contributed by atoms with E-state index < -0.39 is 16.3 Å². The highest BCUT2D eigenvalue weighted by Gasteiger charge is 2.34. The van der Waals surface area contributed by atoms with Gasteiger partial charge in [0.1, 0.15) is 4.87 Å². The van der Waals surface area contributed by atoms with Crippen LogP contribution in [0.25, 0.3) is 0 Å². The monoisotopic (exact) mass is 364 g/mol.